The summed E-state index contributed by atoms with van der Waals surface area (Å²) in [5, 5.41) is 0. The first-order valence-electron chi connectivity index (χ1n) is 0.894. The molecule has 0 aromatic heterocycles. The second-order valence-corrected chi connectivity index (χ2v) is 1.80. The molecule has 0 unspecified atom stereocenters. The summed E-state index contributed by atoms with van der Waals surface area (Å²) in [5.74, 6) is 0. The van der Waals surface area contributed by atoms with E-state index in [2.05, 4.69) is 0 Å². The Kier molecular flexibility index (Phi) is 27.2. The van der Waals surface area contributed by atoms with Crippen LogP contribution in [0.15, 0.2) is 0 Å². The summed E-state index contributed by atoms with van der Waals surface area (Å²) in [7, 11) is -4.61. The second-order valence-electron chi connectivity index (χ2n) is 0.600. The molecule has 0 aliphatic carbocycles. The Hall–Kier alpha value is 2.69. The molecule has 0 aliphatic heterocycles. The van der Waals surface area contributed by atoms with E-state index in [1.807, 2.05) is 0 Å². The van der Waals surface area contributed by atoms with E-state index >= 15 is 0 Å². The quantitative estimate of drug-likeness (QED) is 0.313. The van der Waals surface area contributed by atoms with E-state index in [0.717, 1.165) is 0 Å². The van der Waals surface area contributed by atoms with Crippen LogP contribution in [0.4, 0.5) is 0 Å². The minimum absolute atomic E-state index is 0. The molecule has 0 atom stereocenters. The van der Waals surface area contributed by atoms with Gasteiger partial charge in [0.2, 0.25) is 0 Å². The topological polar surface area (TPSA) is 80.9 Å². The molecule has 0 heterocycles. The van der Waals surface area contributed by atoms with Gasteiger partial charge in [0.25, 0.3) is 0 Å². The van der Waals surface area contributed by atoms with Crippen molar-refractivity contribution < 1.29 is 41.6 Å². The summed E-state index contributed by atoms with van der Waals surface area (Å²) in [6.45, 7) is 0. The maximum atomic E-state index is 7.33. The zero-order valence-corrected chi connectivity index (χ0v) is 6.95. The molecule has 8 heteroatoms. The Morgan fingerprint density at radius 3 is 0.875 bits per heavy atom. The van der Waals surface area contributed by atoms with Crippen LogP contribution < -0.4 is 0 Å². The van der Waals surface area contributed by atoms with Crippen molar-refractivity contribution in [3.8, 4) is 0 Å². The fourth-order valence-electron chi connectivity index (χ4n) is 0. The molecule has 4 N–H and O–H groups in total. The summed E-state index contributed by atoms with van der Waals surface area (Å²) in [4.78, 5) is 29.3. The maximum Gasteiger partial charge on any atom is 0 e. The van der Waals surface area contributed by atoms with Crippen molar-refractivity contribution >= 4 is 66.6 Å². The molecule has 0 aliphatic rings. The van der Waals surface area contributed by atoms with Crippen molar-refractivity contribution in [2.24, 2.45) is 0 Å². The summed E-state index contributed by atoms with van der Waals surface area (Å²) >= 11 is 0. The van der Waals surface area contributed by atoms with Crippen LogP contribution in [0.5, 0.6) is 0 Å². The van der Waals surface area contributed by atoms with Gasteiger partial charge in [-0.2, -0.15) is 0 Å². The van der Waals surface area contributed by atoms with Crippen molar-refractivity contribution in [3.63, 3.8) is 0 Å². The normalized spacial score (nSPS) is 7.50. The van der Waals surface area contributed by atoms with Crippen molar-refractivity contribution in [2.45, 2.75) is 0 Å². The van der Waals surface area contributed by atoms with Crippen molar-refractivity contribution in [3.05, 3.63) is 0 Å². The van der Waals surface area contributed by atoms with E-state index in [4.69, 9.17) is 19.2 Å². The first-order chi connectivity index (χ1) is 2.00. The molecule has 0 saturated carbocycles. The summed E-state index contributed by atoms with van der Waals surface area (Å²) in [5.41, 5.74) is 0. The van der Waals surface area contributed by atoms with Crippen LogP contribution in [0.3, 0.4) is 0 Å². The van der Waals surface area contributed by atoms with Crippen LogP contribution in [-0.2, 0) is 22.4 Å². The Balaban J connectivity index is -0.0000000267. The molecule has 0 saturated heterocycles. The standard InChI is InChI=1S/Ca.Ga.H4O4Si.Ta.5H/c;;1-5(2,3)4;;;;;;/h;;1-4H;;;;;;. The summed E-state index contributed by atoms with van der Waals surface area (Å²) in [6, 6.07) is 0. The number of rotatable bonds is 0. The molecule has 4 nitrogen and oxygen atoms in total. The molecule has 8 heavy (non-hydrogen) atoms. The summed E-state index contributed by atoms with van der Waals surface area (Å²) in [6.07, 6.45) is 0. The Labute approximate surface area is 106 Å². The van der Waals surface area contributed by atoms with Gasteiger partial charge >= 0.3 is 66.6 Å². The van der Waals surface area contributed by atoms with Crippen LogP contribution in [0.25, 0.3) is 0 Å². The Morgan fingerprint density at radius 2 is 0.875 bits per heavy atom. The van der Waals surface area contributed by atoms with Gasteiger partial charge in [0.1, 0.15) is 0 Å². The zero-order valence-electron chi connectivity index (χ0n) is 2.74. The van der Waals surface area contributed by atoms with Crippen molar-refractivity contribution in [1.29, 1.82) is 0 Å². The third-order valence-corrected chi connectivity index (χ3v) is 0. The van der Waals surface area contributed by atoms with Gasteiger partial charge in [-0.05, 0) is 0 Å². The van der Waals surface area contributed by atoms with E-state index in [1.165, 1.54) is 0 Å². The largest absolute Gasteiger partial charge is 0 e. The fourth-order valence-corrected chi connectivity index (χ4v) is 0. The minimum atomic E-state index is -4.61. The molecule has 0 amide bonds. The van der Waals surface area contributed by atoms with Crippen molar-refractivity contribution in [1.82, 2.24) is 0 Å². The Bertz CT molecular complexity index is 31.5. The Morgan fingerprint density at radius 1 is 0.875 bits per heavy atom. The van der Waals surface area contributed by atoms with Gasteiger partial charge in [0.05, 0.1) is 0 Å². The smallest absolute Gasteiger partial charge is 0 e. The predicted octanol–water partition coefficient (Wildman–Crippen LogP) is -4.71. The van der Waals surface area contributed by atoms with Crippen LogP contribution in [0, 0.1) is 0 Å². The van der Waals surface area contributed by atoms with E-state index in [1.54, 1.807) is 0 Å². The fraction of sp³-hybridized carbons (Fsp3) is 0. The van der Waals surface area contributed by atoms with Gasteiger partial charge < -0.3 is 19.2 Å². The molecule has 1 radical (unpaired) electrons. The third kappa shape index (κ3) is 70.9. The minimum Gasteiger partial charge on any atom is 0 e. The van der Waals surface area contributed by atoms with Gasteiger partial charge in [-0.15, -0.1) is 0 Å². The van der Waals surface area contributed by atoms with Crippen molar-refractivity contribution in [2.75, 3.05) is 0 Å². The predicted molar refractivity (Wildman–Crippen MR) is 33.1 cm³/mol. The van der Waals surface area contributed by atoms with Crippen LogP contribution in [-0.4, -0.2) is 85.8 Å². The molecule has 0 fully saturated rings. The van der Waals surface area contributed by atoms with Crippen LogP contribution in [0.2, 0.25) is 0 Å². The maximum absolute atomic E-state index is 7.33. The monoisotopic (exact) mass is 391 g/mol. The molecule has 0 aromatic carbocycles. The molecule has 47 valence electrons. The zero-order chi connectivity index (χ0) is 4.50. The first-order valence-corrected chi connectivity index (χ1v) is 2.68. The van der Waals surface area contributed by atoms with E-state index in [9.17, 15) is 0 Å². The van der Waals surface area contributed by atoms with Gasteiger partial charge in [0.15, 0.2) is 0 Å². The second kappa shape index (κ2) is 9.69. The molecule has 0 rings (SSSR count). The average molecular weight is 392 g/mol. The number of hydrogen-bond donors (Lipinski definition) is 4. The van der Waals surface area contributed by atoms with E-state index in [0.29, 0.717) is 0 Å². The van der Waals surface area contributed by atoms with Crippen LogP contribution >= 0.6 is 0 Å². The molecule has 0 spiro atoms. The molecule has 0 bridgehead atoms. The third-order valence-electron chi connectivity index (χ3n) is 0. The van der Waals surface area contributed by atoms with E-state index < -0.39 is 9.05 Å². The average Bonchev–Trinajstić information content (AvgIpc) is 0.722. The molecule has 0 aromatic rings. The summed E-state index contributed by atoms with van der Waals surface area (Å²) < 4.78 is 0. The van der Waals surface area contributed by atoms with E-state index in [-0.39, 0.29) is 79.9 Å². The van der Waals surface area contributed by atoms with Gasteiger partial charge in [-0.1, -0.05) is 0 Å². The van der Waals surface area contributed by atoms with Gasteiger partial charge in [0, 0.05) is 22.4 Å². The molecular weight excluding hydrogens is 383 g/mol. The van der Waals surface area contributed by atoms with Gasteiger partial charge in [-0.25, -0.2) is 0 Å². The van der Waals surface area contributed by atoms with Crippen LogP contribution in [0.1, 0.15) is 0 Å². The molecular formula is H9CaGaO4SiTa. The van der Waals surface area contributed by atoms with Gasteiger partial charge in [-0.3, -0.25) is 0 Å². The SMILES string of the molecule is O[Si](O)(O)O.[CaH2].[GaH3].[Ta]. The first kappa shape index (κ1) is 22.4. The number of hydrogen-bond acceptors (Lipinski definition) is 4.